The zero-order valence-electron chi connectivity index (χ0n) is 10.1. The molecule has 0 unspecified atom stereocenters. The average molecular weight is 239 g/mol. The van der Waals surface area contributed by atoms with Crippen LogP contribution in [-0.4, -0.2) is 49.5 Å². The van der Waals surface area contributed by atoms with E-state index in [4.69, 9.17) is 14.3 Å². The Labute approximate surface area is 100 Å². The molecule has 94 valence electrons. The van der Waals surface area contributed by atoms with Crippen molar-refractivity contribution in [2.45, 2.75) is 30.8 Å². The number of allylic oxidation sites excluding steroid dienone is 1. The summed E-state index contributed by atoms with van der Waals surface area (Å²) in [6.45, 7) is 0.883. The molecule has 17 heavy (non-hydrogen) atoms. The highest BCUT2D eigenvalue weighted by Crippen LogP contribution is 2.44. The second kappa shape index (κ2) is 3.88. The van der Waals surface area contributed by atoms with Gasteiger partial charge in [-0.3, -0.25) is 9.63 Å². The summed E-state index contributed by atoms with van der Waals surface area (Å²) in [5, 5.41) is 1.92. The molecule has 2 saturated heterocycles. The second-order valence-electron chi connectivity index (χ2n) is 4.77. The monoisotopic (exact) mass is 239 g/mol. The van der Waals surface area contributed by atoms with E-state index in [0.29, 0.717) is 0 Å². The van der Waals surface area contributed by atoms with Crippen molar-refractivity contribution >= 4 is 5.78 Å². The number of fused-ring (bicyclic) bond motifs is 3. The number of ether oxygens (including phenoxy) is 2. The lowest BCUT2D eigenvalue weighted by Gasteiger charge is -2.37. The fourth-order valence-electron chi connectivity index (χ4n) is 3.19. The van der Waals surface area contributed by atoms with Gasteiger partial charge >= 0.3 is 0 Å². The van der Waals surface area contributed by atoms with Gasteiger partial charge in [0.2, 0.25) is 5.79 Å². The molecule has 3 atom stereocenters. The normalized spacial score (nSPS) is 39.4. The number of hydroxylamine groups is 2. The van der Waals surface area contributed by atoms with E-state index in [1.807, 2.05) is 5.06 Å². The standard InChI is InChI=1S/C12H17NO4/c1-15-12(16-2)6-5-9(14)10-8-4-3-7-13(8)17-11(10)12/h5-6,8,10-11H,3-4,7H2,1-2H3/t8-,10+,11+/m1/s1. The van der Waals surface area contributed by atoms with Gasteiger partial charge in [0.25, 0.3) is 0 Å². The fourth-order valence-corrected chi connectivity index (χ4v) is 3.19. The first-order valence-electron chi connectivity index (χ1n) is 5.98. The molecule has 1 aliphatic carbocycles. The van der Waals surface area contributed by atoms with Crippen LogP contribution in [0, 0.1) is 5.92 Å². The molecule has 0 radical (unpaired) electrons. The van der Waals surface area contributed by atoms with Crippen molar-refractivity contribution in [3.63, 3.8) is 0 Å². The Morgan fingerprint density at radius 1 is 1.47 bits per heavy atom. The number of carbonyl (C=O) groups excluding carboxylic acids is 1. The van der Waals surface area contributed by atoms with Crippen molar-refractivity contribution in [3.8, 4) is 0 Å². The van der Waals surface area contributed by atoms with Crippen LogP contribution in [-0.2, 0) is 19.1 Å². The van der Waals surface area contributed by atoms with Gasteiger partial charge in [0, 0.05) is 26.8 Å². The molecule has 0 bridgehead atoms. The Hall–Kier alpha value is -0.750. The molecule has 0 aromatic heterocycles. The molecule has 3 aliphatic rings. The van der Waals surface area contributed by atoms with Gasteiger partial charge in [-0.15, -0.1) is 0 Å². The third kappa shape index (κ3) is 1.43. The third-order valence-corrected chi connectivity index (χ3v) is 4.08. The van der Waals surface area contributed by atoms with E-state index in [2.05, 4.69) is 0 Å². The zero-order chi connectivity index (χ0) is 12.0. The van der Waals surface area contributed by atoms with Crippen molar-refractivity contribution in [2.75, 3.05) is 20.8 Å². The van der Waals surface area contributed by atoms with Gasteiger partial charge in [0.15, 0.2) is 5.78 Å². The summed E-state index contributed by atoms with van der Waals surface area (Å²) in [4.78, 5) is 17.9. The number of hydrogen-bond acceptors (Lipinski definition) is 5. The molecule has 0 aromatic rings. The van der Waals surface area contributed by atoms with Crippen molar-refractivity contribution in [1.82, 2.24) is 5.06 Å². The minimum absolute atomic E-state index is 0.120. The second-order valence-corrected chi connectivity index (χ2v) is 4.77. The van der Waals surface area contributed by atoms with Gasteiger partial charge in [0.1, 0.15) is 6.10 Å². The van der Waals surface area contributed by atoms with Crippen LogP contribution >= 0.6 is 0 Å². The Morgan fingerprint density at radius 2 is 2.24 bits per heavy atom. The highest BCUT2D eigenvalue weighted by Gasteiger charge is 2.59. The molecule has 0 saturated carbocycles. The van der Waals surface area contributed by atoms with E-state index in [0.717, 1.165) is 19.4 Å². The van der Waals surface area contributed by atoms with Crippen LogP contribution in [0.1, 0.15) is 12.8 Å². The molecule has 0 aromatic carbocycles. The van der Waals surface area contributed by atoms with Crippen LogP contribution in [0.15, 0.2) is 12.2 Å². The number of hydrogen-bond donors (Lipinski definition) is 0. The van der Waals surface area contributed by atoms with Crippen LogP contribution in [0.5, 0.6) is 0 Å². The number of rotatable bonds is 2. The largest absolute Gasteiger partial charge is 0.348 e. The summed E-state index contributed by atoms with van der Waals surface area (Å²) in [7, 11) is 3.15. The number of ketones is 1. The molecular formula is C12H17NO4. The maximum Gasteiger partial charge on any atom is 0.217 e. The highest BCUT2D eigenvalue weighted by molar-refractivity contribution is 5.94. The van der Waals surface area contributed by atoms with E-state index < -0.39 is 5.79 Å². The number of carbonyl (C=O) groups is 1. The Bertz CT molecular complexity index is 364. The smallest absolute Gasteiger partial charge is 0.217 e. The van der Waals surface area contributed by atoms with E-state index >= 15 is 0 Å². The molecule has 5 nitrogen and oxygen atoms in total. The molecule has 0 N–H and O–H groups in total. The van der Waals surface area contributed by atoms with Gasteiger partial charge in [0.05, 0.1) is 5.92 Å². The van der Waals surface area contributed by atoms with Crippen LogP contribution in [0.25, 0.3) is 0 Å². The Kier molecular flexibility index (Phi) is 2.59. The SMILES string of the molecule is COC1(OC)C=CC(=O)[C@@H]2[C@H]3CCCN3O[C@@H]21. The topological polar surface area (TPSA) is 48.0 Å². The molecular weight excluding hydrogens is 222 g/mol. The minimum atomic E-state index is -0.928. The zero-order valence-corrected chi connectivity index (χ0v) is 10.1. The lowest BCUT2D eigenvalue weighted by atomic mass is 9.81. The van der Waals surface area contributed by atoms with Crippen molar-refractivity contribution in [1.29, 1.82) is 0 Å². The van der Waals surface area contributed by atoms with Crippen LogP contribution < -0.4 is 0 Å². The average Bonchev–Trinajstić information content (AvgIpc) is 2.90. The summed E-state index contributed by atoms with van der Waals surface area (Å²) in [6, 6.07) is 0.183. The van der Waals surface area contributed by atoms with Gasteiger partial charge in [-0.1, -0.05) is 0 Å². The first kappa shape index (κ1) is 11.3. The number of methoxy groups -OCH3 is 2. The van der Waals surface area contributed by atoms with Gasteiger partial charge in [-0.05, 0) is 25.0 Å². The van der Waals surface area contributed by atoms with Crippen molar-refractivity contribution < 1.29 is 19.1 Å². The first-order chi connectivity index (χ1) is 8.22. The summed E-state index contributed by atoms with van der Waals surface area (Å²) in [5.74, 6) is -0.973. The van der Waals surface area contributed by atoms with E-state index in [-0.39, 0.29) is 23.8 Å². The lowest BCUT2D eigenvalue weighted by Crippen LogP contribution is -2.52. The molecule has 2 fully saturated rings. The fraction of sp³-hybridized carbons (Fsp3) is 0.750. The number of nitrogens with zero attached hydrogens (tertiary/aromatic N) is 1. The van der Waals surface area contributed by atoms with Gasteiger partial charge in [-0.2, -0.15) is 5.06 Å². The quantitative estimate of drug-likeness (QED) is 0.657. The van der Waals surface area contributed by atoms with E-state index in [9.17, 15) is 4.79 Å². The minimum Gasteiger partial charge on any atom is -0.348 e. The molecule has 0 amide bonds. The Balaban J connectivity index is 1.98. The lowest BCUT2D eigenvalue weighted by molar-refractivity contribution is -0.277. The summed E-state index contributed by atoms with van der Waals surface area (Å²) in [6.07, 6.45) is 4.96. The maximum atomic E-state index is 12.0. The summed E-state index contributed by atoms with van der Waals surface area (Å²) < 4.78 is 10.9. The van der Waals surface area contributed by atoms with E-state index in [1.165, 1.54) is 0 Å². The highest BCUT2D eigenvalue weighted by atomic mass is 16.8. The predicted molar refractivity (Wildman–Crippen MR) is 59.0 cm³/mol. The van der Waals surface area contributed by atoms with E-state index in [1.54, 1.807) is 26.4 Å². The van der Waals surface area contributed by atoms with Gasteiger partial charge in [-0.25, -0.2) is 0 Å². The molecule has 5 heteroatoms. The van der Waals surface area contributed by atoms with Crippen molar-refractivity contribution in [2.24, 2.45) is 5.92 Å². The van der Waals surface area contributed by atoms with Crippen LogP contribution in [0.4, 0.5) is 0 Å². The van der Waals surface area contributed by atoms with Crippen LogP contribution in [0.2, 0.25) is 0 Å². The van der Waals surface area contributed by atoms with Crippen LogP contribution in [0.3, 0.4) is 0 Å². The summed E-state index contributed by atoms with van der Waals surface area (Å²) in [5.41, 5.74) is 0. The maximum absolute atomic E-state index is 12.0. The third-order valence-electron chi connectivity index (χ3n) is 4.08. The van der Waals surface area contributed by atoms with Crippen molar-refractivity contribution in [3.05, 3.63) is 12.2 Å². The predicted octanol–water partition coefficient (Wildman–Crippen LogP) is 0.509. The molecule has 0 spiro atoms. The first-order valence-corrected chi connectivity index (χ1v) is 5.98. The van der Waals surface area contributed by atoms with Gasteiger partial charge < -0.3 is 9.47 Å². The Morgan fingerprint density at radius 3 is 2.94 bits per heavy atom. The molecule has 2 heterocycles. The molecule has 2 aliphatic heterocycles. The summed E-state index contributed by atoms with van der Waals surface area (Å²) >= 11 is 0. The molecule has 3 rings (SSSR count).